The van der Waals surface area contributed by atoms with E-state index in [4.69, 9.17) is 10.2 Å². The topological polar surface area (TPSA) is 243 Å². The molecule has 1 aliphatic carbocycles. The van der Waals surface area contributed by atoms with Crippen molar-refractivity contribution in [3.05, 3.63) is 0 Å². The van der Waals surface area contributed by atoms with Crippen LogP contribution in [0.5, 0.6) is 0 Å². The highest BCUT2D eigenvalue weighted by atomic mass is 16.7. The molecule has 1 saturated carbocycles. The molecule has 13 heteroatoms. The van der Waals surface area contributed by atoms with Crippen molar-refractivity contribution in [1.29, 1.82) is 0 Å². The number of carboxylic acids is 2. The smallest absolute Gasteiger partial charge is 0.336 e. The first-order valence-electron chi connectivity index (χ1n) is 6.78. The van der Waals surface area contributed by atoms with E-state index in [9.17, 15) is 50.1 Å². The molecule has 0 heterocycles. The fourth-order valence-corrected chi connectivity index (χ4v) is 2.28. The molecule has 0 aromatic carbocycles. The Hall–Kier alpha value is -1.87. The summed E-state index contributed by atoms with van der Waals surface area (Å²) in [5.74, 6) is -9.01. The SMILES string of the molecule is O=C(O)CC(O)(CC(=O)O[C@]1(O)[C@H](O)[C@H](O)[C@@H](O)[C@H](O)[C@H]1O)C(=O)O. The molecule has 0 aliphatic heterocycles. The molecule has 0 aromatic heterocycles. The number of carbonyl (C=O) groups excluding carboxylic acids is 1. The van der Waals surface area contributed by atoms with Crippen LogP contribution in [0.2, 0.25) is 0 Å². The second-order valence-corrected chi connectivity index (χ2v) is 5.67. The lowest BCUT2D eigenvalue weighted by Crippen LogP contribution is -2.72. The van der Waals surface area contributed by atoms with Crippen LogP contribution in [0.1, 0.15) is 12.8 Å². The number of rotatable bonds is 6. The quantitative estimate of drug-likeness (QED) is 0.157. The first-order valence-corrected chi connectivity index (χ1v) is 6.78. The molecule has 1 unspecified atom stereocenters. The van der Waals surface area contributed by atoms with Gasteiger partial charge in [0.1, 0.15) is 18.3 Å². The van der Waals surface area contributed by atoms with Gasteiger partial charge in [-0.05, 0) is 0 Å². The van der Waals surface area contributed by atoms with Gasteiger partial charge >= 0.3 is 17.9 Å². The summed E-state index contributed by atoms with van der Waals surface area (Å²) in [4.78, 5) is 33.3. The molecule has 0 spiro atoms. The van der Waals surface area contributed by atoms with Crippen molar-refractivity contribution in [3.63, 3.8) is 0 Å². The van der Waals surface area contributed by atoms with E-state index in [-0.39, 0.29) is 0 Å². The number of carbonyl (C=O) groups is 3. The molecule has 144 valence electrons. The molecule has 13 nitrogen and oxygen atoms in total. The summed E-state index contributed by atoms with van der Waals surface area (Å²) >= 11 is 0. The molecule has 0 amide bonds. The summed E-state index contributed by atoms with van der Waals surface area (Å²) in [7, 11) is 0. The molecule has 0 saturated heterocycles. The highest BCUT2D eigenvalue weighted by molar-refractivity contribution is 5.88. The fourth-order valence-electron chi connectivity index (χ4n) is 2.28. The van der Waals surface area contributed by atoms with Crippen molar-refractivity contribution in [1.82, 2.24) is 0 Å². The number of aliphatic hydroxyl groups is 7. The summed E-state index contributed by atoms with van der Waals surface area (Å²) in [5.41, 5.74) is -3.12. The van der Waals surface area contributed by atoms with Gasteiger partial charge in [-0.15, -0.1) is 0 Å². The van der Waals surface area contributed by atoms with Crippen LogP contribution in [0.4, 0.5) is 0 Å². The number of hydrogen-bond donors (Lipinski definition) is 9. The van der Waals surface area contributed by atoms with Crippen LogP contribution in [0.3, 0.4) is 0 Å². The normalized spacial score (nSPS) is 37.8. The van der Waals surface area contributed by atoms with Crippen molar-refractivity contribution in [2.75, 3.05) is 0 Å². The average molecular weight is 370 g/mol. The predicted molar refractivity (Wildman–Crippen MR) is 70.5 cm³/mol. The van der Waals surface area contributed by atoms with Gasteiger partial charge in [-0.1, -0.05) is 0 Å². The summed E-state index contributed by atoms with van der Waals surface area (Å²) in [6.45, 7) is 0. The summed E-state index contributed by atoms with van der Waals surface area (Å²) in [6.07, 6.45) is -14.6. The molecular weight excluding hydrogens is 352 g/mol. The largest absolute Gasteiger partial charge is 0.481 e. The molecule has 0 aromatic rings. The molecule has 1 fully saturated rings. The maximum Gasteiger partial charge on any atom is 0.336 e. The monoisotopic (exact) mass is 370 g/mol. The average Bonchev–Trinajstić information content (AvgIpc) is 2.48. The number of carboxylic acid groups (broad SMARTS) is 2. The molecule has 0 radical (unpaired) electrons. The van der Waals surface area contributed by atoms with Gasteiger partial charge in [0.25, 0.3) is 5.79 Å². The second-order valence-electron chi connectivity index (χ2n) is 5.67. The van der Waals surface area contributed by atoms with E-state index < -0.39 is 72.7 Å². The van der Waals surface area contributed by atoms with Crippen LogP contribution in [-0.4, -0.2) is 106 Å². The van der Waals surface area contributed by atoms with Gasteiger partial charge in [-0.2, -0.15) is 0 Å². The minimum Gasteiger partial charge on any atom is -0.481 e. The third-order valence-electron chi connectivity index (χ3n) is 3.75. The zero-order valence-corrected chi connectivity index (χ0v) is 12.5. The van der Waals surface area contributed by atoms with Gasteiger partial charge in [0.15, 0.2) is 17.8 Å². The van der Waals surface area contributed by atoms with Gasteiger partial charge in [-0.3, -0.25) is 9.59 Å². The summed E-state index contributed by atoms with van der Waals surface area (Å²) < 4.78 is 4.29. The maximum atomic E-state index is 11.8. The van der Waals surface area contributed by atoms with E-state index in [1.165, 1.54) is 0 Å². The Morgan fingerprint density at radius 1 is 0.880 bits per heavy atom. The highest BCUT2D eigenvalue weighted by Gasteiger charge is 2.61. The van der Waals surface area contributed by atoms with Crippen molar-refractivity contribution < 1.29 is 65.1 Å². The molecular formula is C12H18O13. The third kappa shape index (κ3) is 4.04. The number of aliphatic hydroxyl groups excluding tert-OH is 5. The third-order valence-corrected chi connectivity index (χ3v) is 3.75. The number of aliphatic carboxylic acids is 2. The van der Waals surface area contributed by atoms with Gasteiger partial charge < -0.3 is 50.7 Å². The van der Waals surface area contributed by atoms with E-state index in [1.807, 2.05) is 0 Å². The van der Waals surface area contributed by atoms with Crippen LogP contribution in [0.25, 0.3) is 0 Å². The number of esters is 1. The Morgan fingerprint density at radius 3 is 1.68 bits per heavy atom. The first kappa shape index (κ1) is 21.2. The number of hydrogen-bond acceptors (Lipinski definition) is 11. The summed E-state index contributed by atoms with van der Waals surface area (Å²) in [5, 5.41) is 84.8. The fraction of sp³-hybridized carbons (Fsp3) is 0.750. The van der Waals surface area contributed by atoms with E-state index in [2.05, 4.69) is 4.74 Å². The molecule has 25 heavy (non-hydrogen) atoms. The van der Waals surface area contributed by atoms with E-state index >= 15 is 0 Å². The zero-order chi connectivity index (χ0) is 19.7. The van der Waals surface area contributed by atoms with Crippen LogP contribution < -0.4 is 0 Å². The van der Waals surface area contributed by atoms with Crippen molar-refractivity contribution >= 4 is 17.9 Å². The van der Waals surface area contributed by atoms with Gasteiger partial charge in [-0.25, -0.2) is 4.79 Å². The maximum absolute atomic E-state index is 11.8. The minimum absolute atomic E-state index is 1.41. The molecule has 9 N–H and O–H groups in total. The Balaban J connectivity index is 3.00. The Kier molecular flexibility index (Phi) is 6.07. The predicted octanol–water partition coefficient (Wildman–Crippen LogP) is -5.28. The van der Waals surface area contributed by atoms with Crippen LogP contribution >= 0.6 is 0 Å². The Bertz CT molecular complexity index is 531. The molecule has 0 bridgehead atoms. The minimum atomic E-state index is -3.36. The lowest BCUT2D eigenvalue weighted by Gasteiger charge is -2.46. The van der Waals surface area contributed by atoms with Gasteiger partial charge in [0.05, 0.1) is 12.8 Å². The second kappa shape index (κ2) is 7.17. The lowest BCUT2D eigenvalue weighted by molar-refractivity contribution is -0.348. The van der Waals surface area contributed by atoms with Crippen molar-refractivity contribution in [2.45, 2.75) is 54.7 Å². The Labute approximate surface area is 138 Å². The first-order chi connectivity index (χ1) is 11.3. The van der Waals surface area contributed by atoms with E-state index in [0.29, 0.717) is 0 Å². The lowest BCUT2D eigenvalue weighted by atomic mass is 9.82. The molecule has 1 rings (SSSR count). The molecule has 1 aliphatic rings. The van der Waals surface area contributed by atoms with E-state index in [0.717, 1.165) is 0 Å². The number of ether oxygens (including phenoxy) is 1. The van der Waals surface area contributed by atoms with Gasteiger partial charge in [0, 0.05) is 0 Å². The highest BCUT2D eigenvalue weighted by Crippen LogP contribution is 2.32. The van der Waals surface area contributed by atoms with Gasteiger partial charge in [0.2, 0.25) is 0 Å². The molecule has 7 atom stereocenters. The zero-order valence-electron chi connectivity index (χ0n) is 12.5. The van der Waals surface area contributed by atoms with Crippen molar-refractivity contribution in [3.8, 4) is 0 Å². The standard InChI is InChI=1S/C12H18O13/c13-3(14)1-11(23,10(21)22)2-4(15)25-12(24)8(19)6(17)5(16)7(18)9(12)20/h5-9,16-20,23-24H,1-2H2,(H,13,14)(H,21,22)/t5-,6-,7+,8-,9-,11?,12-/m1/s1. The van der Waals surface area contributed by atoms with Crippen LogP contribution in [0, 0.1) is 0 Å². The van der Waals surface area contributed by atoms with Crippen molar-refractivity contribution in [2.24, 2.45) is 0 Å². The summed E-state index contributed by atoms with van der Waals surface area (Å²) in [6, 6.07) is 0. The van der Waals surface area contributed by atoms with E-state index in [1.54, 1.807) is 0 Å². The Morgan fingerprint density at radius 2 is 1.32 bits per heavy atom. The van der Waals surface area contributed by atoms with Crippen LogP contribution in [0.15, 0.2) is 0 Å². The van der Waals surface area contributed by atoms with Crippen LogP contribution in [-0.2, 0) is 19.1 Å².